The Morgan fingerprint density at radius 3 is 1.87 bits per heavy atom. The topological polar surface area (TPSA) is 190 Å². The predicted octanol–water partition coefficient (Wildman–Crippen LogP) is -5.40. The van der Waals surface area contributed by atoms with Gasteiger partial charge in [0.1, 0.15) is 49.3 Å². The monoisotopic (exact) mass is 342 g/mol. The van der Waals surface area contributed by atoms with Gasteiger partial charge >= 0.3 is 0 Å². The van der Waals surface area contributed by atoms with Crippen molar-refractivity contribution in [2.75, 3.05) is 19.8 Å². The molecule has 2 aliphatic rings. The Bertz CT molecular complexity index is 393. The molecule has 0 radical (unpaired) electrons. The van der Waals surface area contributed by atoms with E-state index in [2.05, 4.69) is 0 Å². The van der Waals surface area contributed by atoms with Crippen molar-refractivity contribution in [2.24, 2.45) is 0 Å². The fourth-order valence-corrected chi connectivity index (χ4v) is 2.63. The van der Waals surface area contributed by atoms with Crippen molar-refractivity contribution in [3.8, 4) is 0 Å². The summed E-state index contributed by atoms with van der Waals surface area (Å²) in [5, 5.41) is 76.7. The van der Waals surface area contributed by atoms with Crippen molar-refractivity contribution in [1.29, 1.82) is 0 Å². The number of aliphatic hydroxyl groups excluding tert-OH is 8. The lowest BCUT2D eigenvalue weighted by atomic mass is 9.99. The van der Waals surface area contributed by atoms with E-state index in [1.54, 1.807) is 0 Å². The van der Waals surface area contributed by atoms with Crippen LogP contribution in [0.2, 0.25) is 0 Å². The van der Waals surface area contributed by atoms with Crippen molar-refractivity contribution in [2.45, 2.75) is 54.8 Å². The van der Waals surface area contributed by atoms with Gasteiger partial charge in [0, 0.05) is 0 Å². The Hall–Kier alpha value is -0.440. The summed E-state index contributed by atoms with van der Waals surface area (Å²) in [6.07, 6.45) is -12.7. The third kappa shape index (κ3) is 3.23. The molecule has 0 bridgehead atoms. The van der Waals surface area contributed by atoms with E-state index in [1.165, 1.54) is 0 Å². The molecule has 4 unspecified atom stereocenters. The minimum atomic E-state index is -2.22. The maximum Gasteiger partial charge on any atom is 0.224 e. The summed E-state index contributed by atoms with van der Waals surface area (Å²) >= 11 is 0. The smallest absolute Gasteiger partial charge is 0.224 e. The summed E-state index contributed by atoms with van der Waals surface area (Å²) < 4.78 is 15.4. The highest BCUT2D eigenvalue weighted by Gasteiger charge is 2.58. The highest BCUT2D eigenvalue weighted by Crippen LogP contribution is 2.35. The summed E-state index contributed by atoms with van der Waals surface area (Å²) in [5.74, 6) is -2.22. The molecule has 2 aliphatic heterocycles. The first-order chi connectivity index (χ1) is 10.8. The van der Waals surface area contributed by atoms with E-state index in [0.29, 0.717) is 0 Å². The molecule has 0 amide bonds. The van der Waals surface area contributed by atoms with Gasteiger partial charge in [-0.25, -0.2) is 0 Å². The zero-order chi connectivity index (χ0) is 17.4. The summed E-state index contributed by atoms with van der Waals surface area (Å²) in [5.41, 5.74) is 0. The molecule has 0 aliphatic carbocycles. The number of hydrogen-bond donors (Lipinski definition) is 8. The van der Waals surface area contributed by atoms with Gasteiger partial charge < -0.3 is 55.1 Å². The minimum Gasteiger partial charge on any atom is -0.394 e. The molecule has 8 N–H and O–H groups in total. The average Bonchev–Trinajstić information content (AvgIpc) is 2.80. The van der Waals surface area contributed by atoms with Gasteiger partial charge in [-0.05, 0) is 0 Å². The molecule has 11 heteroatoms. The molecule has 0 aromatic rings. The van der Waals surface area contributed by atoms with Crippen LogP contribution in [-0.2, 0) is 14.2 Å². The van der Waals surface area contributed by atoms with E-state index in [0.717, 1.165) is 0 Å². The molecule has 23 heavy (non-hydrogen) atoms. The predicted molar refractivity (Wildman–Crippen MR) is 68.6 cm³/mol. The first-order valence-corrected chi connectivity index (χ1v) is 7.05. The van der Waals surface area contributed by atoms with Crippen LogP contribution in [0, 0.1) is 0 Å². The van der Waals surface area contributed by atoms with Crippen LogP contribution in [0.1, 0.15) is 0 Å². The molecule has 2 rings (SSSR count). The Labute approximate surface area is 130 Å². The molecule has 2 saturated heterocycles. The summed E-state index contributed by atoms with van der Waals surface area (Å²) in [4.78, 5) is 0. The largest absolute Gasteiger partial charge is 0.394 e. The molecule has 2 heterocycles. The quantitative estimate of drug-likeness (QED) is 0.238. The third-order valence-corrected chi connectivity index (χ3v) is 4.07. The van der Waals surface area contributed by atoms with Crippen LogP contribution in [0.5, 0.6) is 0 Å². The fourth-order valence-electron chi connectivity index (χ4n) is 2.63. The highest BCUT2D eigenvalue weighted by atomic mass is 16.8. The maximum atomic E-state index is 10.00. The van der Waals surface area contributed by atoms with Crippen LogP contribution in [-0.4, -0.2) is 115 Å². The van der Waals surface area contributed by atoms with Gasteiger partial charge in [-0.15, -0.1) is 0 Å². The van der Waals surface area contributed by atoms with Crippen molar-refractivity contribution in [1.82, 2.24) is 0 Å². The van der Waals surface area contributed by atoms with Gasteiger partial charge in [-0.3, -0.25) is 0 Å². The van der Waals surface area contributed by atoms with Crippen molar-refractivity contribution in [3.05, 3.63) is 0 Å². The van der Waals surface area contributed by atoms with Crippen molar-refractivity contribution in [3.63, 3.8) is 0 Å². The van der Waals surface area contributed by atoms with Crippen LogP contribution in [0.15, 0.2) is 0 Å². The molecule has 0 aromatic carbocycles. The molecular formula is C12H22O11. The molecule has 2 fully saturated rings. The molecule has 0 saturated carbocycles. The zero-order valence-corrected chi connectivity index (χ0v) is 12.0. The Morgan fingerprint density at radius 1 is 0.783 bits per heavy atom. The summed E-state index contributed by atoms with van der Waals surface area (Å²) in [6, 6.07) is 0. The van der Waals surface area contributed by atoms with Crippen molar-refractivity contribution >= 4 is 0 Å². The Balaban J connectivity index is 2.18. The second-order valence-corrected chi connectivity index (χ2v) is 5.56. The average molecular weight is 342 g/mol. The fraction of sp³-hybridized carbons (Fsp3) is 1.00. The molecular weight excluding hydrogens is 320 g/mol. The van der Waals surface area contributed by atoms with Crippen LogP contribution in [0.25, 0.3) is 0 Å². The minimum absolute atomic E-state index is 0.669. The summed E-state index contributed by atoms with van der Waals surface area (Å²) in [7, 11) is 0. The SMILES string of the molecule is OCC1O[C@@H](O[C@]2(CO)O[C@H](CO)C(O)[C@H]2O)C(O)[C@@H](O)C1O. The lowest BCUT2D eigenvalue weighted by Gasteiger charge is -2.43. The highest BCUT2D eigenvalue weighted by molar-refractivity contribution is 4.98. The lowest BCUT2D eigenvalue weighted by molar-refractivity contribution is -0.383. The van der Waals surface area contributed by atoms with Crippen LogP contribution >= 0.6 is 0 Å². The lowest BCUT2D eigenvalue weighted by Crippen LogP contribution is -2.62. The first kappa shape index (κ1) is 18.9. The van der Waals surface area contributed by atoms with E-state index >= 15 is 0 Å². The second-order valence-electron chi connectivity index (χ2n) is 5.56. The van der Waals surface area contributed by atoms with Gasteiger partial charge in [0.05, 0.1) is 13.2 Å². The zero-order valence-electron chi connectivity index (χ0n) is 12.0. The normalized spacial score (nSPS) is 51.1. The maximum absolute atomic E-state index is 10.00. The first-order valence-electron chi connectivity index (χ1n) is 7.05. The Morgan fingerprint density at radius 2 is 1.39 bits per heavy atom. The van der Waals surface area contributed by atoms with Gasteiger partial charge in [0.25, 0.3) is 0 Å². The van der Waals surface area contributed by atoms with Gasteiger partial charge in [0.2, 0.25) is 5.79 Å². The van der Waals surface area contributed by atoms with Gasteiger partial charge in [-0.2, -0.15) is 0 Å². The van der Waals surface area contributed by atoms with E-state index in [9.17, 15) is 30.6 Å². The second kappa shape index (κ2) is 7.21. The van der Waals surface area contributed by atoms with Gasteiger partial charge in [0.15, 0.2) is 6.29 Å². The third-order valence-electron chi connectivity index (χ3n) is 4.07. The molecule has 0 spiro atoms. The Kier molecular flexibility index (Phi) is 5.92. The van der Waals surface area contributed by atoms with Crippen LogP contribution in [0.4, 0.5) is 0 Å². The number of ether oxygens (including phenoxy) is 3. The van der Waals surface area contributed by atoms with Crippen molar-refractivity contribution < 1.29 is 55.1 Å². The van der Waals surface area contributed by atoms with E-state index in [4.69, 9.17) is 24.4 Å². The van der Waals surface area contributed by atoms with Crippen LogP contribution in [0.3, 0.4) is 0 Å². The number of rotatable bonds is 5. The van der Waals surface area contributed by atoms with E-state index in [1.807, 2.05) is 0 Å². The molecule has 9 atom stereocenters. The number of hydrogen-bond acceptors (Lipinski definition) is 11. The summed E-state index contributed by atoms with van der Waals surface area (Å²) in [6.45, 7) is -2.32. The number of aliphatic hydroxyl groups is 8. The van der Waals surface area contributed by atoms with Gasteiger partial charge in [-0.1, -0.05) is 0 Å². The van der Waals surface area contributed by atoms with E-state index < -0.39 is 74.6 Å². The van der Waals surface area contributed by atoms with E-state index in [-0.39, 0.29) is 0 Å². The molecule has 0 aromatic heterocycles. The molecule has 136 valence electrons. The molecule has 11 nitrogen and oxygen atoms in total. The standard InChI is InChI=1S/C12H22O11/c13-1-4-6(16)8(18)9(19)11(21-4)23-12(3-15)10(20)7(17)5(2-14)22-12/h4-11,13-20H,1-3H2/t4?,5-,6?,7?,8+,9?,10-,11+,12+/m1/s1. The van der Waals surface area contributed by atoms with Crippen LogP contribution < -0.4 is 0 Å².